The Labute approximate surface area is 121 Å². The maximum atomic E-state index is 12.3. The van der Waals surface area contributed by atoms with Crippen LogP contribution < -0.4 is 10.1 Å². The molecule has 1 saturated heterocycles. The summed E-state index contributed by atoms with van der Waals surface area (Å²) in [7, 11) is 1.85. The van der Waals surface area contributed by atoms with Crippen molar-refractivity contribution in [3.63, 3.8) is 0 Å². The lowest BCUT2D eigenvalue weighted by Crippen LogP contribution is -2.45. The Hall–Kier alpha value is -1.55. The Bertz CT molecular complexity index is 400. The van der Waals surface area contributed by atoms with Gasteiger partial charge in [-0.3, -0.25) is 4.79 Å². The molecule has 0 radical (unpaired) electrons. The Balaban J connectivity index is 1.73. The highest BCUT2D eigenvalue weighted by Gasteiger charge is 2.22. The largest absolute Gasteiger partial charge is 0.492 e. The molecule has 1 aromatic rings. The molecule has 4 heteroatoms. The second kappa shape index (κ2) is 7.90. The maximum Gasteiger partial charge on any atom is 0.239 e. The molecule has 2 rings (SSSR count). The van der Waals surface area contributed by atoms with E-state index in [4.69, 9.17) is 4.74 Å². The normalized spacial score (nSPS) is 19.1. The van der Waals surface area contributed by atoms with E-state index >= 15 is 0 Å². The van der Waals surface area contributed by atoms with Gasteiger partial charge in [0, 0.05) is 7.05 Å². The number of amides is 1. The number of hydrogen-bond acceptors (Lipinski definition) is 3. The third-order valence-electron chi connectivity index (χ3n) is 3.67. The molecule has 0 aromatic heterocycles. The lowest BCUT2D eigenvalue weighted by Gasteiger charge is -2.23. The fourth-order valence-corrected chi connectivity index (χ4v) is 2.43. The average Bonchev–Trinajstić information content (AvgIpc) is 2.76. The Morgan fingerprint density at radius 1 is 1.30 bits per heavy atom. The van der Waals surface area contributed by atoms with Crippen LogP contribution in [-0.4, -0.2) is 43.6 Å². The molecule has 0 saturated carbocycles. The highest BCUT2D eigenvalue weighted by Crippen LogP contribution is 2.11. The van der Waals surface area contributed by atoms with Gasteiger partial charge in [-0.2, -0.15) is 0 Å². The van der Waals surface area contributed by atoms with Crippen molar-refractivity contribution in [1.29, 1.82) is 0 Å². The molecule has 1 aliphatic rings. The first-order chi connectivity index (χ1) is 9.77. The standard InChI is InChI=1S/C16H24N2O2/c1-18(12-13-20-14-8-4-2-5-9-14)16(19)15-10-6-3-7-11-17-15/h2,4-5,8-9,15,17H,3,6-7,10-13H2,1H3. The quantitative estimate of drug-likeness (QED) is 0.895. The fraction of sp³-hybridized carbons (Fsp3) is 0.562. The number of carbonyl (C=O) groups is 1. The average molecular weight is 276 g/mol. The SMILES string of the molecule is CN(CCOc1ccccc1)C(=O)C1CCCCCN1. The summed E-state index contributed by atoms with van der Waals surface area (Å²) >= 11 is 0. The summed E-state index contributed by atoms with van der Waals surface area (Å²) in [4.78, 5) is 14.1. The molecule has 1 N–H and O–H groups in total. The molecule has 20 heavy (non-hydrogen) atoms. The van der Waals surface area contributed by atoms with E-state index in [2.05, 4.69) is 5.32 Å². The van der Waals surface area contributed by atoms with E-state index in [-0.39, 0.29) is 11.9 Å². The van der Waals surface area contributed by atoms with E-state index in [0.717, 1.165) is 25.1 Å². The molecule has 4 nitrogen and oxygen atoms in total. The Kier molecular flexibility index (Phi) is 5.87. The molecule has 110 valence electrons. The first-order valence-electron chi connectivity index (χ1n) is 7.43. The number of hydrogen-bond donors (Lipinski definition) is 1. The monoisotopic (exact) mass is 276 g/mol. The minimum Gasteiger partial charge on any atom is -0.492 e. The number of para-hydroxylation sites is 1. The zero-order valence-electron chi connectivity index (χ0n) is 12.2. The number of likely N-dealkylation sites (N-methyl/N-ethyl adjacent to an activating group) is 1. The van der Waals surface area contributed by atoms with Gasteiger partial charge in [0.2, 0.25) is 5.91 Å². The Morgan fingerprint density at radius 2 is 2.10 bits per heavy atom. The number of nitrogens with zero attached hydrogens (tertiary/aromatic N) is 1. The lowest BCUT2D eigenvalue weighted by molar-refractivity contribution is -0.132. The van der Waals surface area contributed by atoms with Crippen molar-refractivity contribution in [3.05, 3.63) is 30.3 Å². The van der Waals surface area contributed by atoms with E-state index in [1.165, 1.54) is 12.8 Å². The van der Waals surface area contributed by atoms with Crippen molar-refractivity contribution in [2.45, 2.75) is 31.7 Å². The van der Waals surface area contributed by atoms with Crippen molar-refractivity contribution in [1.82, 2.24) is 10.2 Å². The fourth-order valence-electron chi connectivity index (χ4n) is 2.43. The summed E-state index contributed by atoms with van der Waals surface area (Å²) in [5.74, 6) is 1.03. The molecule has 1 fully saturated rings. The summed E-state index contributed by atoms with van der Waals surface area (Å²) in [6, 6.07) is 9.68. The van der Waals surface area contributed by atoms with Crippen LogP contribution in [0.4, 0.5) is 0 Å². The predicted octanol–water partition coefficient (Wildman–Crippen LogP) is 2.06. The minimum atomic E-state index is -0.0146. The van der Waals surface area contributed by atoms with Gasteiger partial charge in [0.25, 0.3) is 0 Å². The number of rotatable bonds is 5. The van der Waals surface area contributed by atoms with E-state index in [9.17, 15) is 4.79 Å². The van der Waals surface area contributed by atoms with Crippen LogP contribution in [0.15, 0.2) is 30.3 Å². The summed E-state index contributed by atoms with van der Waals surface area (Å²) < 4.78 is 5.62. The summed E-state index contributed by atoms with van der Waals surface area (Å²) in [6.07, 6.45) is 4.47. The van der Waals surface area contributed by atoms with Gasteiger partial charge < -0.3 is 15.0 Å². The lowest BCUT2D eigenvalue weighted by atomic mass is 10.1. The van der Waals surface area contributed by atoms with Crippen molar-refractivity contribution in [2.24, 2.45) is 0 Å². The molecule has 1 aromatic carbocycles. The van der Waals surface area contributed by atoms with Crippen LogP contribution in [0.1, 0.15) is 25.7 Å². The third kappa shape index (κ3) is 4.53. The number of benzene rings is 1. The smallest absolute Gasteiger partial charge is 0.239 e. The minimum absolute atomic E-state index is 0.0146. The van der Waals surface area contributed by atoms with Gasteiger partial charge in [0.1, 0.15) is 12.4 Å². The van der Waals surface area contributed by atoms with Gasteiger partial charge in [-0.1, -0.05) is 31.0 Å². The third-order valence-corrected chi connectivity index (χ3v) is 3.67. The molecule has 1 unspecified atom stereocenters. The molecule has 1 atom stereocenters. The summed E-state index contributed by atoms with van der Waals surface area (Å²) in [5.41, 5.74) is 0. The Morgan fingerprint density at radius 3 is 2.90 bits per heavy atom. The highest BCUT2D eigenvalue weighted by molar-refractivity contribution is 5.81. The van der Waals surface area contributed by atoms with Crippen LogP contribution in [0.2, 0.25) is 0 Å². The zero-order valence-corrected chi connectivity index (χ0v) is 12.2. The molecule has 0 aliphatic carbocycles. The zero-order chi connectivity index (χ0) is 14.2. The second-order valence-electron chi connectivity index (χ2n) is 5.28. The van der Waals surface area contributed by atoms with E-state index in [0.29, 0.717) is 13.2 Å². The van der Waals surface area contributed by atoms with E-state index in [1.54, 1.807) is 4.90 Å². The van der Waals surface area contributed by atoms with Gasteiger partial charge in [-0.25, -0.2) is 0 Å². The van der Waals surface area contributed by atoms with Gasteiger partial charge in [0.15, 0.2) is 0 Å². The maximum absolute atomic E-state index is 12.3. The first kappa shape index (κ1) is 14.9. The molecule has 0 bridgehead atoms. The molecular formula is C16H24N2O2. The van der Waals surface area contributed by atoms with Crippen LogP contribution in [0.3, 0.4) is 0 Å². The van der Waals surface area contributed by atoms with Crippen molar-refractivity contribution in [3.8, 4) is 5.75 Å². The van der Waals surface area contributed by atoms with Crippen LogP contribution in [0.25, 0.3) is 0 Å². The highest BCUT2D eigenvalue weighted by atomic mass is 16.5. The first-order valence-corrected chi connectivity index (χ1v) is 7.43. The van der Waals surface area contributed by atoms with E-state index in [1.807, 2.05) is 37.4 Å². The molecule has 1 amide bonds. The van der Waals surface area contributed by atoms with Gasteiger partial charge in [0.05, 0.1) is 12.6 Å². The topological polar surface area (TPSA) is 41.6 Å². The predicted molar refractivity (Wildman–Crippen MR) is 79.8 cm³/mol. The van der Waals surface area contributed by atoms with Crippen LogP contribution in [0, 0.1) is 0 Å². The summed E-state index contributed by atoms with van der Waals surface area (Å²) in [5, 5.41) is 3.34. The van der Waals surface area contributed by atoms with Crippen LogP contribution >= 0.6 is 0 Å². The number of carbonyl (C=O) groups excluding carboxylic acids is 1. The van der Waals surface area contributed by atoms with Crippen molar-refractivity contribution >= 4 is 5.91 Å². The second-order valence-corrected chi connectivity index (χ2v) is 5.28. The van der Waals surface area contributed by atoms with Crippen molar-refractivity contribution in [2.75, 3.05) is 26.7 Å². The molecule has 1 heterocycles. The van der Waals surface area contributed by atoms with Crippen molar-refractivity contribution < 1.29 is 9.53 Å². The van der Waals surface area contributed by atoms with Gasteiger partial charge in [-0.05, 0) is 31.5 Å². The van der Waals surface area contributed by atoms with Gasteiger partial charge in [-0.15, -0.1) is 0 Å². The summed E-state index contributed by atoms with van der Waals surface area (Å²) in [6.45, 7) is 2.09. The molecular weight excluding hydrogens is 252 g/mol. The number of ether oxygens (including phenoxy) is 1. The number of nitrogens with one attached hydrogen (secondary N) is 1. The van der Waals surface area contributed by atoms with Crippen LogP contribution in [-0.2, 0) is 4.79 Å². The van der Waals surface area contributed by atoms with Crippen LogP contribution in [0.5, 0.6) is 5.75 Å². The van der Waals surface area contributed by atoms with E-state index < -0.39 is 0 Å². The van der Waals surface area contributed by atoms with Gasteiger partial charge >= 0.3 is 0 Å². The molecule has 1 aliphatic heterocycles. The molecule has 0 spiro atoms.